The molecule has 0 saturated heterocycles. The number of nitrogens with one attached hydrogen (secondary N) is 1. The van der Waals surface area contributed by atoms with Crippen LogP contribution in [0.25, 0.3) is 0 Å². The summed E-state index contributed by atoms with van der Waals surface area (Å²) in [6.07, 6.45) is 2.86. The van der Waals surface area contributed by atoms with Gasteiger partial charge >= 0.3 is 0 Å². The van der Waals surface area contributed by atoms with E-state index in [0.717, 1.165) is 37.4 Å². The lowest BCUT2D eigenvalue weighted by atomic mass is 9.86. The molecule has 5 heteroatoms. The zero-order valence-corrected chi connectivity index (χ0v) is 13.0. The molecule has 0 aromatic heterocycles. The summed E-state index contributed by atoms with van der Waals surface area (Å²) < 4.78 is 0. The van der Waals surface area contributed by atoms with Crippen molar-refractivity contribution in [1.29, 1.82) is 0 Å². The minimum atomic E-state index is -0.257. The van der Waals surface area contributed by atoms with Gasteiger partial charge in [0.25, 0.3) is 0 Å². The third kappa shape index (κ3) is 5.80. The number of hydrogen-bond acceptors (Lipinski definition) is 3. The Balaban J connectivity index is 2.15. The van der Waals surface area contributed by atoms with Crippen LogP contribution in [0.4, 0.5) is 0 Å². The highest BCUT2D eigenvalue weighted by atomic mass is 35.5. The summed E-state index contributed by atoms with van der Waals surface area (Å²) in [5, 5.41) is 16.0. The second-order valence-corrected chi connectivity index (χ2v) is 6.04. The second kappa shape index (κ2) is 8.12. The van der Waals surface area contributed by atoms with Gasteiger partial charge in [-0.05, 0) is 50.0 Å². The van der Waals surface area contributed by atoms with Crippen LogP contribution >= 0.6 is 11.6 Å². The Morgan fingerprint density at radius 1 is 1.30 bits per heavy atom. The molecule has 0 aliphatic rings. The monoisotopic (exact) mass is 297 g/mol. The number of nitrogens with two attached hydrogens (primary N) is 1. The van der Waals surface area contributed by atoms with E-state index in [4.69, 9.17) is 22.5 Å². The highest BCUT2D eigenvalue weighted by molar-refractivity contribution is 6.30. The number of amidine groups is 1. The van der Waals surface area contributed by atoms with Crippen molar-refractivity contribution in [3.05, 3.63) is 34.9 Å². The molecule has 0 fully saturated rings. The molecule has 0 saturated carbocycles. The molecule has 0 unspecified atom stereocenters. The fourth-order valence-corrected chi connectivity index (χ4v) is 2.05. The molecule has 4 N–H and O–H groups in total. The Morgan fingerprint density at radius 3 is 2.55 bits per heavy atom. The summed E-state index contributed by atoms with van der Waals surface area (Å²) in [6.45, 7) is 5.83. The number of oxime groups is 1. The lowest BCUT2D eigenvalue weighted by Crippen LogP contribution is -2.32. The van der Waals surface area contributed by atoms with E-state index >= 15 is 0 Å². The minimum absolute atomic E-state index is 0.257. The summed E-state index contributed by atoms with van der Waals surface area (Å²) in [6, 6.07) is 7.92. The number of benzene rings is 1. The predicted octanol–water partition coefficient (Wildman–Crippen LogP) is 3.02. The molecule has 20 heavy (non-hydrogen) atoms. The van der Waals surface area contributed by atoms with Crippen LogP contribution in [0.5, 0.6) is 0 Å². The number of rotatable bonds is 8. The topological polar surface area (TPSA) is 70.6 Å². The van der Waals surface area contributed by atoms with E-state index in [1.54, 1.807) is 0 Å². The summed E-state index contributed by atoms with van der Waals surface area (Å²) in [7, 11) is 0. The summed E-state index contributed by atoms with van der Waals surface area (Å²) in [5.74, 6) is 0.290. The number of nitrogens with zero attached hydrogens (tertiary/aromatic N) is 1. The average Bonchev–Trinajstić information content (AvgIpc) is 2.43. The second-order valence-electron chi connectivity index (χ2n) is 5.60. The van der Waals surface area contributed by atoms with Crippen molar-refractivity contribution in [3.63, 3.8) is 0 Å². The van der Waals surface area contributed by atoms with E-state index in [-0.39, 0.29) is 5.41 Å². The molecule has 0 aliphatic heterocycles. The smallest absolute Gasteiger partial charge is 0.144 e. The van der Waals surface area contributed by atoms with E-state index in [2.05, 4.69) is 10.5 Å². The van der Waals surface area contributed by atoms with Crippen LogP contribution in [0.3, 0.4) is 0 Å². The Labute approximate surface area is 126 Å². The van der Waals surface area contributed by atoms with Crippen LogP contribution in [0.1, 0.15) is 32.3 Å². The first-order valence-electron chi connectivity index (χ1n) is 6.89. The highest BCUT2D eigenvalue weighted by Crippen LogP contribution is 2.21. The van der Waals surface area contributed by atoms with Gasteiger partial charge in [-0.1, -0.05) is 42.7 Å². The van der Waals surface area contributed by atoms with Gasteiger partial charge in [0.05, 0.1) is 0 Å². The van der Waals surface area contributed by atoms with Crippen LogP contribution in [0, 0.1) is 5.41 Å². The third-order valence-electron chi connectivity index (χ3n) is 3.46. The Bertz CT molecular complexity index is 429. The van der Waals surface area contributed by atoms with Crippen LogP contribution in [-0.2, 0) is 6.42 Å². The molecule has 0 spiro atoms. The molecule has 0 heterocycles. The Hall–Kier alpha value is -1.26. The number of halogens is 1. The lowest BCUT2D eigenvalue weighted by Gasteiger charge is -2.22. The largest absolute Gasteiger partial charge is 0.409 e. The van der Waals surface area contributed by atoms with Crippen LogP contribution in [0.15, 0.2) is 29.4 Å². The molecule has 1 rings (SSSR count). The maximum atomic E-state index is 8.69. The Kier molecular flexibility index (Phi) is 6.82. The quantitative estimate of drug-likeness (QED) is 0.227. The summed E-state index contributed by atoms with van der Waals surface area (Å²) in [5.41, 5.74) is 6.67. The first-order chi connectivity index (χ1) is 9.45. The van der Waals surface area contributed by atoms with Gasteiger partial charge in [0, 0.05) is 10.4 Å². The normalized spacial score (nSPS) is 12.7. The fraction of sp³-hybridized carbons (Fsp3) is 0.533. The van der Waals surface area contributed by atoms with Gasteiger partial charge < -0.3 is 16.3 Å². The van der Waals surface area contributed by atoms with E-state index in [0.29, 0.717) is 5.84 Å². The van der Waals surface area contributed by atoms with Crippen molar-refractivity contribution in [2.45, 2.75) is 33.1 Å². The van der Waals surface area contributed by atoms with E-state index in [1.165, 1.54) is 5.56 Å². The third-order valence-corrected chi connectivity index (χ3v) is 3.71. The SMILES string of the molecule is CC(C)(CCCNCCc1ccc(Cl)cc1)C(N)=NO. The molecule has 1 aromatic rings. The zero-order chi connectivity index (χ0) is 15.0. The minimum Gasteiger partial charge on any atom is -0.409 e. The molecule has 0 bridgehead atoms. The van der Waals surface area contributed by atoms with Crippen LogP contribution in [0.2, 0.25) is 5.02 Å². The molecule has 112 valence electrons. The molecule has 0 atom stereocenters. The predicted molar refractivity (Wildman–Crippen MR) is 84.4 cm³/mol. The van der Waals surface area contributed by atoms with Crippen molar-refractivity contribution < 1.29 is 5.21 Å². The lowest BCUT2D eigenvalue weighted by molar-refractivity contribution is 0.304. The molecule has 1 aromatic carbocycles. The first-order valence-corrected chi connectivity index (χ1v) is 7.26. The van der Waals surface area contributed by atoms with Gasteiger partial charge in [0.1, 0.15) is 5.84 Å². The molecular formula is C15H24ClN3O. The van der Waals surface area contributed by atoms with Crippen molar-refractivity contribution in [1.82, 2.24) is 5.32 Å². The molecule has 0 aliphatic carbocycles. The summed E-state index contributed by atoms with van der Waals surface area (Å²) in [4.78, 5) is 0. The standard InChI is InChI=1S/C15H24ClN3O/c1-15(2,14(17)19-20)9-3-10-18-11-8-12-4-6-13(16)7-5-12/h4-7,18,20H,3,8-11H2,1-2H3,(H2,17,19). The zero-order valence-electron chi connectivity index (χ0n) is 12.2. The van der Waals surface area contributed by atoms with Crippen molar-refractivity contribution in [2.24, 2.45) is 16.3 Å². The average molecular weight is 298 g/mol. The van der Waals surface area contributed by atoms with Gasteiger partial charge in [0.2, 0.25) is 0 Å². The molecule has 0 radical (unpaired) electrons. The van der Waals surface area contributed by atoms with Gasteiger partial charge in [-0.3, -0.25) is 0 Å². The number of hydrogen-bond donors (Lipinski definition) is 3. The fourth-order valence-electron chi connectivity index (χ4n) is 1.93. The maximum absolute atomic E-state index is 8.69. The Morgan fingerprint density at radius 2 is 1.95 bits per heavy atom. The van der Waals surface area contributed by atoms with E-state index in [9.17, 15) is 0 Å². The van der Waals surface area contributed by atoms with Crippen molar-refractivity contribution in [3.8, 4) is 0 Å². The van der Waals surface area contributed by atoms with E-state index < -0.39 is 0 Å². The van der Waals surface area contributed by atoms with Gasteiger partial charge in [-0.2, -0.15) is 0 Å². The van der Waals surface area contributed by atoms with Crippen molar-refractivity contribution in [2.75, 3.05) is 13.1 Å². The van der Waals surface area contributed by atoms with Gasteiger partial charge in [-0.25, -0.2) is 0 Å². The van der Waals surface area contributed by atoms with Crippen LogP contribution < -0.4 is 11.1 Å². The molecule has 4 nitrogen and oxygen atoms in total. The molecule has 0 amide bonds. The highest BCUT2D eigenvalue weighted by Gasteiger charge is 2.22. The van der Waals surface area contributed by atoms with E-state index in [1.807, 2.05) is 38.1 Å². The van der Waals surface area contributed by atoms with Crippen LogP contribution in [-0.4, -0.2) is 24.1 Å². The van der Waals surface area contributed by atoms with Gasteiger partial charge in [0.15, 0.2) is 0 Å². The maximum Gasteiger partial charge on any atom is 0.144 e. The first kappa shape index (κ1) is 16.8. The van der Waals surface area contributed by atoms with Gasteiger partial charge in [-0.15, -0.1) is 0 Å². The molecular weight excluding hydrogens is 274 g/mol. The van der Waals surface area contributed by atoms with Crippen molar-refractivity contribution >= 4 is 17.4 Å². The summed E-state index contributed by atoms with van der Waals surface area (Å²) >= 11 is 5.84.